The maximum atomic E-state index is 11.6. The topological polar surface area (TPSA) is 83.1 Å². The summed E-state index contributed by atoms with van der Waals surface area (Å²) in [6.45, 7) is 0.249. The molecule has 1 aromatic carbocycles. The minimum Gasteiger partial charge on any atom is -0.497 e. The molecule has 0 bridgehead atoms. The molecule has 7 heteroatoms. The van der Waals surface area contributed by atoms with Crippen LogP contribution in [0.1, 0.15) is 0 Å². The monoisotopic (exact) mass is 293 g/mol. The van der Waals surface area contributed by atoms with E-state index in [0.29, 0.717) is 18.0 Å². The second-order valence-corrected chi connectivity index (χ2v) is 4.05. The predicted molar refractivity (Wildman–Crippen MR) is 72.6 cm³/mol. The van der Waals surface area contributed by atoms with Gasteiger partial charge < -0.3 is 24.3 Å². The van der Waals surface area contributed by atoms with Gasteiger partial charge in [0.25, 0.3) is 5.91 Å². The Hall–Kier alpha value is -2.70. The van der Waals surface area contributed by atoms with E-state index < -0.39 is 18.5 Å². The van der Waals surface area contributed by atoms with E-state index in [1.165, 1.54) is 6.26 Å². The van der Waals surface area contributed by atoms with Gasteiger partial charge in [-0.3, -0.25) is 4.79 Å². The quantitative estimate of drug-likeness (QED) is 0.817. The predicted octanol–water partition coefficient (Wildman–Crippen LogP) is 1.07. The zero-order chi connectivity index (χ0) is 15.1. The maximum absolute atomic E-state index is 11.6. The zero-order valence-corrected chi connectivity index (χ0v) is 11.5. The van der Waals surface area contributed by atoms with Crippen LogP contribution < -0.4 is 10.1 Å². The van der Waals surface area contributed by atoms with E-state index in [-0.39, 0.29) is 12.4 Å². The summed E-state index contributed by atoms with van der Waals surface area (Å²) in [4.78, 5) is 23.2. The molecular formula is C14H15NO6. The van der Waals surface area contributed by atoms with Gasteiger partial charge in [-0.1, -0.05) is 0 Å². The summed E-state index contributed by atoms with van der Waals surface area (Å²) in [7, 11) is 1.55. The molecular weight excluding hydrogens is 278 g/mol. The van der Waals surface area contributed by atoms with E-state index in [1.54, 1.807) is 31.4 Å². The Labute approximate surface area is 121 Å². The number of amides is 1. The van der Waals surface area contributed by atoms with Crippen LogP contribution >= 0.6 is 0 Å². The van der Waals surface area contributed by atoms with Gasteiger partial charge in [-0.25, -0.2) is 4.79 Å². The summed E-state index contributed by atoms with van der Waals surface area (Å²) in [6, 6.07) is 6.78. The number of methoxy groups -OCH3 is 1. The molecule has 0 aromatic heterocycles. The van der Waals surface area contributed by atoms with Gasteiger partial charge in [0, 0.05) is 5.69 Å². The van der Waals surface area contributed by atoms with Crippen LogP contribution in [0.3, 0.4) is 0 Å². The van der Waals surface area contributed by atoms with Crippen molar-refractivity contribution in [1.29, 1.82) is 0 Å². The van der Waals surface area contributed by atoms with Gasteiger partial charge in [-0.15, -0.1) is 0 Å². The van der Waals surface area contributed by atoms with Crippen LogP contribution in [0, 0.1) is 0 Å². The third-order valence-corrected chi connectivity index (χ3v) is 2.56. The normalized spacial score (nSPS) is 13.3. The molecule has 1 N–H and O–H groups in total. The van der Waals surface area contributed by atoms with E-state index in [0.717, 1.165) is 0 Å². The molecule has 21 heavy (non-hydrogen) atoms. The summed E-state index contributed by atoms with van der Waals surface area (Å²) in [5.74, 6) is -0.551. The Balaban J connectivity index is 1.78. The smallest absolute Gasteiger partial charge is 0.377 e. The fraction of sp³-hybridized carbons (Fsp3) is 0.286. The lowest BCUT2D eigenvalue weighted by Gasteiger charge is -2.14. The van der Waals surface area contributed by atoms with Crippen molar-refractivity contribution in [3.63, 3.8) is 0 Å². The Kier molecular flexibility index (Phi) is 5.03. The van der Waals surface area contributed by atoms with Crippen molar-refractivity contribution in [2.75, 3.05) is 32.2 Å². The number of nitrogens with one attached hydrogen (secondary N) is 1. The number of benzene rings is 1. The van der Waals surface area contributed by atoms with Crippen LogP contribution in [0.25, 0.3) is 0 Å². The molecule has 0 unspecified atom stereocenters. The Morgan fingerprint density at radius 1 is 1.24 bits per heavy atom. The van der Waals surface area contributed by atoms with Gasteiger partial charge in [0.2, 0.25) is 5.76 Å². The average Bonchev–Trinajstić information content (AvgIpc) is 2.54. The molecule has 1 aliphatic rings. The lowest BCUT2D eigenvalue weighted by molar-refractivity contribution is -0.148. The maximum Gasteiger partial charge on any atom is 0.377 e. The van der Waals surface area contributed by atoms with E-state index in [9.17, 15) is 9.59 Å². The van der Waals surface area contributed by atoms with Crippen LogP contribution in [0.4, 0.5) is 5.69 Å². The SMILES string of the molecule is COc1ccc(NC(=O)COC(=O)C2=COCCO2)cc1. The third kappa shape index (κ3) is 4.41. The highest BCUT2D eigenvalue weighted by Gasteiger charge is 2.17. The molecule has 0 radical (unpaired) electrons. The molecule has 0 aliphatic carbocycles. The first-order chi connectivity index (χ1) is 10.2. The van der Waals surface area contributed by atoms with E-state index in [4.69, 9.17) is 18.9 Å². The van der Waals surface area contributed by atoms with Crippen molar-refractivity contribution >= 4 is 17.6 Å². The van der Waals surface area contributed by atoms with Crippen molar-refractivity contribution < 1.29 is 28.5 Å². The van der Waals surface area contributed by atoms with Crippen molar-refractivity contribution in [2.24, 2.45) is 0 Å². The fourth-order valence-corrected chi connectivity index (χ4v) is 1.55. The number of rotatable bonds is 5. The molecule has 7 nitrogen and oxygen atoms in total. The van der Waals surface area contributed by atoms with Crippen LogP contribution in [-0.4, -0.2) is 38.8 Å². The van der Waals surface area contributed by atoms with Crippen molar-refractivity contribution in [1.82, 2.24) is 0 Å². The van der Waals surface area contributed by atoms with Gasteiger partial charge in [0.1, 0.15) is 25.2 Å². The summed E-state index contributed by atoms with van der Waals surface area (Å²) in [5.41, 5.74) is 0.577. The first-order valence-corrected chi connectivity index (χ1v) is 6.24. The molecule has 1 heterocycles. The average molecular weight is 293 g/mol. The molecule has 0 fully saturated rings. The van der Waals surface area contributed by atoms with Crippen molar-refractivity contribution in [3.8, 4) is 5.75 Å². The summed E-state index contributed by atoms with van der Waals surface area (Å²) >= 11 is 0. The Morgan fingerprint density at radius 2 is 2.00 bits per heavy atom. The molecule has 0 saturated carbocycles. The number of ether oxygens (including phenoxy) is 4. The number of hydrogen-bond donors (Lipinski definition) is 1. The lowest BCUT2D eigenvalue weighted by Crippen LogP contribution is -2.23. The molecule has 0 atom stereocenters. The molecule has 112 valence electrons. The number of carbonyl (C=O) groups is 2. The first kappa shape index (κ1) is 14.7. The number of hydrogen-bond acceptors (Lipinski definition) is 6. The van der Waals surface area contributed by atoms with E-state index >= 15 is 0 Å². The number of esters is 1. The highest BCUT2D eigenvalue weighted by atomic mass is 16.6. The largest absolute Gasteiger partial charge is 0.497 e. The molecule has 1 aliphatic heterocycles. The fourth-order valence-electron chi connectivity index (χ4n) is 1.55. The Morgan fingerprint density at radius 3 is 2.62 bits per heavy atom. The van der Waals surface area contributed by atoms with Crippen LogP contribution in [0.2, 0.25) is 0 Å². The molecule has 0 saturated heterocycles. The van der Waals surface area contributed by atoms with Crippen molar-refractivity contribution in [3.05, 3.63) is 36.3 Å². The molecule has 1 aromatic rings. The van der Waals surface area contributed by atoms with Gasteiger partial charge in [0.15, 0.2) is 6.61 Å². The third-order valence-electron chi connectivity index (χ3n) is 2.56. The molecule has 1 amide bonds. The van der Waals surface area contributed by atoms with Crippen molar-refractivity contribution in [2.45, 2.75) is 0 Å². The number of anilines is 1. The highest BCUT2D eigenvalue weighted by molar-refractivity contribution is 5.94. The zero-order valence-electron chi connectivity index (χ0n) is 11.5. The van der Waals surface area contributed by atoms with Gasteiger partial charge >= 0.3 is 5.97 Å². The number of carbonyl (C=O) groups excluding carboxylic acids is 2. The standard InChI is InChI=1S/C14H15NO6/c1-18-11-4-2-10(3-5-11)15-13(16)9-21-14(17)12-8-19-6-7-20-12/h2-5,8H,6-7,9H2,1H3,(H,15,16). The summed E-state index contributed by atoms with van der Waals surface area (Å²) < 4.78 is 19.8. The van der Waals surface area contributed by atoms with Gasteiger partial charge in [0.05, 0.1) is 7.11 Å². The minimum atomic E-state index is -0.736. The summed E-state index contributed by atoms with van der Waals surface area (Å²) in [5, 5.41) is 2.59. The van der Waals surface area contributed by atoms with Gasteiger partial charge in [-0.2, -0.15) is 0 Å². The first-order valence-electron chi connectivity index (χ1n) is 6.24. The van der Waals surface area contributed by atoms with E-state index in [1.807, 2.05) is 0 Å². The van der Waals surface area contributed by atoms with Gasteiger partial charge in [-0.05, 0) is 24.3 Å². The second-order valence-electron chi connectivity index (χ2n) is 4.05. The Bertz CT molecular complexity index is 537. The van der Waals surface area contributed by atoms with Crippen LogP contribution in [-0.2, 0) is 23.8 Å². The molecule has 0 spiro atoms. The second kappa shape index (κ2) is 7.18. The summed E-state index contributed by atoms with van der Waals surface area (Å²) in [6.07, 6.45) is 1.17. The minimum absolute atomic E-state index is 0.0431. The van der Waals surface area contributed by atoms with Crippen LogP contribution in [0.15, 0.2) is 36.3 Å². The van der Waals surface area contributed by atoms with Crippen LogP contribution in [0.5, 0.6) is 5.75 Å². The lowest BCUT2D eigenvalue weighted by atomic mass is 10.3. The highest BCUT2D eigenvalue weighted by Crippen LogP contribution is 2.14. The van der Waals surface area contributed by atoms with E-state index in [2.05, 4.69) is 5.32 Å². The molecule has 2 rings (SSSR count).